The number of amides is 1. The van der Waals surface area contributed by atoms with Crippen molar-refractivity contribution in [3.8, 4) is 6.07 Å². The number of carbonyl (C=O) groups excluding carboxylic acids is 1. The lowest BCUT2D eigenvalue weighted by Gasteiger charge is -2.17. The summed E-state index contributed by atoms with van der Waals surface area (Å²) >= 11 is 0. The maximum Gasteiger partial charge on any atom is 0.404 e. The summed E-state index contributed by atoms with van der Waals surface area (Å²) in [6.07, 6.45) is -1.83. The van der Waals surface area contributed by atoms with E-state index in [9.17, 15) is 30.8 Å². The van der Waals surface area contributed by atoms with E-state index in [1.165, 1.54) is 23.6 Å². The largest absolute Gasteiger partial charge is 0.404 e. The molecule has 1 amide bonds. The van der Waals surface area contributed by atoms with Gasteiger partial charge in [-0.05, 0) is 38.1 Å². The van der Waals surface area contributed by atoms with Gasteiger partial charge in [0.1, 0.15) is 28.5 Å². The van der Waals surface area contributed by atoms with Crippen molar-refractivity contribution >= 4 is 27.7 Å². The first-order chi connectivity index (χ1) is 14.4. The van der Waals surface area contributed by atoms with Crippen molar-refractivity contribution in [3.63, 3.8) is 0 Å². The van der Waals surface area contributed by atoms with Gasteiger partial charge in [-0.2, -0.15) is 23.2 Å². The van der Waals surface area contributed by atoms with E-state index in [0.717, 1.165) is 12.1 Å². The van der Waals surface area contributed by atoms with Crippen LogP contribution >= 0.6 is 0 Å². The Hall–Kier alpha value is -3.17. The molecule has 2 aromatic rings. The van der Waals surface area contributed by atoms with E-state index >= 15 is 0 Å². The zero-order chi connectivity index (χ0) is 23.1. The van der Waals surface area contributed by atoms with Gasteiger partial charge in [-0.3, -0.25) is 4.79 Å². The number of fused-ring (bicyclic) bond motifs is 1. The van der Waals surface area contributed by atoms with Crippen LogP contribution in [-0.2, 0) is 16.6 Å². The van der Waals surface area contributed by atoms with Crippen molar-refractivity contribution in [2.24, 2.45) is 0 Å². The second-order valence-electron chi connectivity index (χ2n) is 6.85. The standard InChI is InChI=1S/C19H16F4N4O3S/c1-10-16(18(28)25-13-5-6-14(20)12(8-13)9-24)27-7-3-4-15(27)17(10)31(29,30)26-11(2)19(21,22)23/h3-6,8,11,26H,7H2,1-2H3,(H,25,28). The van der Waals surface area contributed by atoms with Gasteiger partial charge in [0, 0.05) is 17.8 Å². The van der Waals surface area contributed by atoms with Gasteiger partial charge < -0.3 is 9.88 Å². The number of nitrogens with one attached hydrogen (secondary N) is 2. The first-order valence-corrected chi connectivity index (χ1v) is 10.3. The molecule has 1 atom stereocenters. The molecule has 7 nitrogen and oxygen atoms in total. The molecular formula is C19H16F4N4O3S. The minimum absolute atomic E-state index is 0.0404. The van der Waals surface area contributed by atoms with Crippen LogP contribution in [0.25, 0.3) is 6.08 Å². The molecule has 0 spiro atoms. The number of nitrogens with zero attached hydrogens (tertiary/aromatic N) is 2. The van der Waals surface area contributed by atoms with Crippen LogP contribution in [-0.4, -0.2) is 31.1 Å². The summed E-state index contributed by atoms with van der Waals surface area (Å²) in [4.78, 5) is 12.4. The van der Waals surface area contributed by atoms with Crippen molar-refractivity contribution < 1.29 is 30.8 Å². The summed E-state index contributed by atoms with van der Waals surface area (Å²) < 4.78 is 80.5. The maximum atomic E-state index is 13.5. The molecule has 1 aliphatic rings. The van der Waals surface area contributed by atoms with Gasteiger partial charge in [0.25, 0.3) is 5.91 Å². The lowest BCUT2D eigenvalue weighted by Crippen LogP contribution is -2.43. The third kappa shape index (κ3) is 4.19. The monoisotopic (exact) mass is 456 g/mol. The molecule has 1 aliphatic heterocycles. The van der Waals surface area contributed by atoms with E-state index in [0.29, 0.717) is 6.92 Å². The summed E-state index contributed by atoms with van der Waals surface area (Å²) in [7, 11) is -4.62. The highest BCUT2D eigenvalue weighted by molar-refractivity contribution is 7.89. The fraction of sp³-hybridized carbons (Fsp3) is 0.263. The summed E-state index contributed by atoms with van der Waals surface area (Å²) in [5.74, 6) is -1.54. The number of carbonyl (C=O) groups is 1. The van der Waals surface area contributed by atoms with Gasteiger partial charge in [0.05, 0.1) is 11.3 Å². The highest BCUT2D eigenvalue weighted by Gasteiger charge is 2.41. The number of sulfonamides is 1. The summed E-state index contributed by atoms with van der Waals surface area (Å²) in [6, 6.07) is 2.62. The molecule has 0 fully saturated rings. The van der Waals surface area contributed by atoms with E-state index in [2.05, 4.69) is 5.32 Å². The van der Waals surface area contributed by atoms with Crippen LogP contribution in [0.2, 0.25) is 0 Å². The number of hydrogen-bond acceptors (Lipinski definition) is 4. The summed E-state index contributed by atoms with van der Waals surface area (Å²) in [5, 5.41) is 11.4. The van der Waals surface area contributed by atoms with Crippen LogP contribution in [0.5, 0.6) is 0 Å². The number of hydrogen-bond donors (Lipinski definition) is 2. The van der Waals surface area contributed by atoms with Crippen molar-refractivity contribution in [2.45, 2.75) is 37.5 Å². The molecule has 31 heavy (non-hydrogen) atoms. The Morgan fingerprint density at radius 3 is 2.61 bits per heavy atom. The number of halogens is 4. The SMILES string of the molecule is Cc1c(S(=O)(=O)NC(C)C(F)(F)F)c2n(c1C(=O)Nc1ccc(F)c(C#N)c1)CC=C2. The predicted molar refractivity (Wildman–Crippen MR) is 103 cm³/mol. The quantitative estimate of drug-likeness (QED) is 0.674. The van der Waals surface area contributed by atoms with Crippen molar-refractivity contribution in [2.75, 3.05) is 5.32 Å². The van der Waals surface area contributed by atoms with Gasteiger partial charge in [-0.1, -0.05) is 6.08 Å². The minimum atomic E-state index is -4.79. The Balaban J connectivity index is 2.01. The van der Waals surface area contributed by atoms with E-state index in [1.54, 1.807) is 16.9 Å². The Labute approximate surface area is 175 Å². The fourth-order valence-corrected chi connectivity index (χ4v) is 4.91. The molecular weight excluding hydrogens is 440 g/mol. The topological polar surface area (TPSA) is 104 Å². The van der Waals surface area contributed by atoms with E-state index < -0.39 is 38.9 Å². The van der Waals surface area contributed by atoms with Gasteiger partial charge in [-0.25, -0.2) is 12.8 Å². The molecule has 3 rings (SSSR count). The maximum absolute atomic E-state index is 13.5. The van der Waals surface area contributed by atoms with Crippen LogP contribution in [0.4, 0.5) is 23.2 Å². The van der Waals surface area contributed by atoms with Gasteiger partial charge in [0.2, 0.25) is 10.0 Å². The molecule has 0 saturated heterocycles. The molecule has 2 heterocycles. The lowest BCUT2D eigenvalue weighted by atomic mass is 10.2. The van der Waals surface area contributed by atoms with Crippen molar-refractivity contribution in [1.82, 2.24) is 9.29 Å². The van der Waals surface area contributed by atoms with Gasteiger partial charge in [-0.15, -0.1) is 0 Å². The second kappa shape index (κ2) is 7.82. The molecule has 12 heteroatoms. The van der Waals surface area contributed by atoms with Crippen molar-refractivity contribution in [1.29, 1.82) is 5.26 Å². The number of benzene rings is 1. The molecule has 0 saturated carbocycles. The lowest BCUT2D eigenvalue weighted by molar-refractivity contribution is -0.147. The number of anilines is 1. The number of nitriles is 1. The van der Waals surface area contributed by atoms with E-state index in [1.807, 2.05) is 0 Å². The van der Waals surface area contributed by atoms with Crippen LogP contribution < -0.4 is 10.0 Å². The number of aromatic nitrogens is 1. The third-order valence-corrected chi connectivity index (χ3v) is 6.42. The minimum Gasteiger partial charge on any atom is -0.332 e. The predicted octanol–water partition coefficient (Wildman–Crippen LogP) is 3.32. The zero-order valence-electron chi connectivity index (χ0n) is 16.2. The van der Waals surface area contributed by atoms with Crippen LogP contribution in [0.3, 0.4) is 0 Å². The average molecular weight is 456 g/mol. The zero-order valence-corrected chi connectivity index (χ0v) is 17.0. The molecule has 0 radical (unpaired) electrons. The molecule has 0 aliphatic carbocycles. The first kappa shape index (κ1) is 22.5. The molecule has 1 unspecified atom stereocenters. The molecule has 1 aromatic carbocycles. The highest BCUT2D eigenvalue weighted by Crippen LogP contribution is 2.33. The molecule has 2 N–H and O–H groups in total. The van der Waals surface area contributed by atoms with Crippen LogP contribution in [0.15, 0.2) is 29.2 Å². The summed E-state index contributed by atoms with van der Waals surface area (Å²) in [5.41, 5.74) is -0.257. The van der Waals surface area contributed by atoms with E-state index in [-0.39, 0.29) is 34.7 Å². The number of alkyl halides is 3. The highest BCUT2D eigenvalue weighted by atomic mass is 32.2. The third-order valence-electron chi connectivity index (χ3n) is 4.70. The van der Waals surface area contributed by atoms with Gasteiger partial charge in [0.15, 0.2) is 0 Å². The average Bonchev–Trinajstić information content (AvgIpc) is 3.21. The number of allylic oxidation sites excluding steroid dienone is 1. The van der Waals surface area contributed by atoms with Crippen LogP contribution in [0, 0.1) is 24.1 Å². The van der Waals surface area contributed by atoms with Gasteiger partial charge >= 0.3 is 6.18 Å². The normalized spacial score (nSPS) is 14.2. The van der Waals surface area contributed by atoms with E-state index in [4.69, 9.17) is 5.26 Å². The Morgan fingerprint density at radius 1 is 1.32 bits per heavy atom. The molecule has 164 valence electrons. The first-order valence-electron chi connectivity index (χ1n) is 8.86. The summed E-state index contributed by atoms with van der Waals surface area (Å²) in [6.45, 7) is 2.12. The molecule has 0 bridgehead atoms. The number of rotatable bonds is 5. The fourth-order valence-electron chi connectivity index (χ4n) is 3.24. The Bertz CT molecular complexity index is 1240. The van der Waals surface area contributed by atoms with Crippen LogP contribution in [0.1, 0.15) is 34.2 Å². The smallest absolute Gasteiger partial charge is 0.332 e. The van der Waals surface area contributed by atoms with Crippen molar-refractivity contribution in [3.05, 3.63) is 52.6 Å². The Kier molecular flexibility index (Phi) is 5.68. The second-order valence-corrected chi connectivity index (χ2v) is 8.50. The Morgan fingerprint density at radius 2 is 2.00 bits per heavy atom. The molecule has 1 aromatic heterocycles.